The number of carbonyl (C=O) groups excluding carboxylic acids is 1. The van der Waals surface area contributed by atoms with Crippen molar-refractivity contribution in [1.82, 2.24) is 10.5 Å². The second-order valence-corrected chi connectivity index (χ2v) is 6.70. The molecule has 0 bridgehead atoms. The van der Waals surface area contributed by atoms with Gasteiger partial charge in [-0.3, -0.25) is 4.79 Å². The summed E-state index contributed by atoms with van der Waals surface area (Å²) >= 11 is 0. The van der Waals surface area contributed by atoms with Crippen LogP contribution in [-0.2, 0) is 11.3 Å². The van der Waals surface area contributed by atoms with Crippen LogP contribution in [0.3, 0.4) is 0 Å². The molecule has 1 amide bonds. The lowest BCUT2D eigenvalue weighted by atomic mass is 10.0. The molecule has 1 aromatic heterocycles. The summed E-state index contributed by atoms with van der Waals surface area (Å²) in [5, 5.41) is 6.77. The fourth-order valence-corrected chi connectivity index (χ4v) is 2.65. The Hall–Kier alpha value is -3.28. The molecular weight excluding hydrogens is 356 g/mol. The number of nitrogens with one attached hydrogen (secondary N) is 1. The molecule has 0 aliphatic rings. The Morgan fingerprint density at radius 2 is 1.89 bits per heavy atom. The van der Waals surface area contributed by atoms with Gasteiger partial charge in [0.05, 0.1) is 13.7 Å². The molecule has 3 rings (SSSR count). The standard InChI is InChI=1S/C22H24N2O4/c1-15(2)16-7-9-19(10-8-16)27-14-22(25)23-13-18-12-21(28-24-18)17-5-4-6-20(11-17)26-3/h4-12,15H,13-14H2,1-3H3,(H,23,25). The monoisotopic (exact) mass is 380 g/mol. The lowest BCUT2D eigenvalue weighted by molar-refractivity contribution is -0.123. The number of amides is 1. The maximum atomic E-state index is 12.0. The highest BCUT2D eigenvalue weighted by Gasteiger charge is 2.10. The first-order valence-corrected chi connectivity index (χ1v) is 9.14. The Morgan fingerprint density at radius 3 is 2.61 bits per heavy atom. The predicted molar refractivity (Wildman–Crippen MR) is 106 cm³/mol. The second-order valence-electron chi connectivity index (χ2n) is 6.70. The van der Waals surface area contributed by atoms with Gasteiger partial charge in [0, 0.05) is 11.6 Å². The number of nitrogens with zero attached hydrogens (tertiary/aromatic N) is 1. The highest BCUT2D eigenvalue weighted by atomic mass is 16.5. The minimum Gasteiger partial charge on any atom is -0.497 e. The van der Waals surface area contributed by atoms with E-state index in [1.807, 2.05) is 48.5 Å². The number of hydrogen-bond acceptors (Lipinski definition) is 5. The van der Waals surface area contributed by atoms with Crippen LogP contribution in [0.2, 0.25) is 0 Å². The maximum Gasteiger partial charge on any atom is 0.258 e. The fourth-order valence-electron chi connectivity index (χ4n) is 2.65. The second kappa shape index (κ2) is 9.08. The van der Waals surface area contributed by atoms with Crippen molar-refractivity contribution in [2.75, 3.05) is 13.7 Å². The van der Waals surface area contributed by atoms with Crippen molar-refractivity contribution < 1.29 is 18.8 Å². The number of benzene rings is 2. The summed E-state index contributed by atoms with van der Waals surface area (Å²) in [6, 6.07) is 17.1. The van der Waals surface area contributed by atoms with Gasteiger partial charge in [-0.25, -0.2) is 0 Å². The summed E-state index contributed by atoms with van der Waals surface area (Å²) < 4.78 is 16.1. The summed E-state index contributed by atoms with van der Waals surface area (Å²) in [5.74, 6) is 2.26. The molecular formula is C22H24N2O4. The Kier molecular flexibility index (Phi) is 6.32. The molecule has 0 saturated carbocycles. The Balaban J connectivity index is 1.49. The van der Waals surface area contributed by atoms with Crippen molar-refractivity contribution >= 4 is 5.91 Å². The highest BCUT2D eigenvalue weighted by molar-refractivity contribution is 5.77. The van der Waals surface area contributed by atoms with E-state index >= 15 is 0 Å². The van der Waals surface area contributed by atoms with Crippen LogP contribution >= 0.6 is 0 Å². The molecule has 0 fully saturated rings. The number of carbonyl (C=O) groups is 1. The van der Waals surface area contributed by atoms with Crippen molar-refractivity contribution in [2.24, 2.45) is 0 Å². The SMILES string of the molecule is COc1cccc(-c2cc(CNC(=O)COc3ccc(C(C)C)cc3)no2)c1. The predicted octanol–water partition coefficient (Wildman–Crippen LogP) is 4.17. The molecule has 0 unspecified atom stereocenters. The fraction of sp³-hybridized carbons (Fsp3) is 0.273. The summed E-state index contributed by atoms with van der Waals surface area (Å²) in [6.45, 7) is 4.48. The van der Waals surface area contributed by atoms with Crippen LogP contribution < -0.4 is 14.8 Å². The Labute approximate surface area is 164 Å². The largest absolute Gasteiger partial charge is 0.497 e. The molecule has 6 nitrogen and oxygen atoms in total. The van der Waals surface area contributed by atoms with Crippen LogP contribution in [-0.4, -0.2) is 24.8 Å². The molecule has 28 heavy (non-hydrogen) atoms. The van der Waals surface area contributed by atoms with Crippen molar-refractivity contribution in [1.29, 1.82) is 0 Å². The molecule has 1 heterocycles. The van der Waals surface area contributed by atoms with E-state index in [1.165, 1.54) is 5.56 Å². The topological polar surface area (TPSA) is 73.6 Å². The third-order valence-corrected chi connectivity index (χ3v) is 4.30. The van der Waals surface area contributed by atoms with Crippen LogP contribution in [0.5, 0.6) is 11.5 Å². The number of aromatic nitrogens is 1. The van der Waals surface area contributed by atoms with Crippen molar-refractivity contribution in [3.05, 3.63) is 65.9 Å². The number of methoxy groups -OCH3 is 1. The van der Waals surface area contributed by atoms with Gasteiger partial charge in [-0.05, 0) is 35.7 Å². The van der Waals surface area contributed by atoms with E-state index in [-0.39, 0.29) is 19.1 Å². The quantitative estimate of drug-likeness (QED) is 0.635. The van der Waals surface area contributed by atoms with E-state index in [1.54, 1.807) is 13.2 Å². The first-order valence-electron chi connectivity index (χ1n) is 9.14. The summed E-state index contributed by atoms with van der Waals surface area (Å²) in [6.07, 6.45) is 0. The molecule has 1 N–H and O–H groups in total. The zero-order valence-corrected chi connectivity index (χ0v) is 16.3. The van der Waals surface area contributed by atoms with Gasteiger partial charge < -0.3 is 19.3 Å². The first-order chi connectivity index (χ1) is 13.5. The molecule has 6 heteroatoms. The van der Waals surface area contributed by atoms with E-state index in [4.69, 9.17) is 14.0 Å². The number of hydrogen-bond donors (Lipinski definition) is 1. The van der Waals surface area contributed by atoms with Crippen LogP contribution in [0.15, 0.2) is 59.1 Å². The van der Waals surface area contributed by atoms with E-state index in [0.717, 1.165) is 11.3 Å². The van der Waals surface area contributed by atoms with Crippen molar-refractivity contribution in [3.8, 4) is 22.8 Å². The summed E-state index contributed by atoms with van der Waals surface area (Å²) in [5.41, 5.74) is 2.72. The minimum atomic E-state index is -0.223. The van der Waals surface area contributed by atoms with Crippen LogP contribution in [0.25, 0.3) is 11.3 Å². The average Bonchev–Trinajstić information content (AvgIpc) is 3.20. The van der Waals surface area contributed by atoms with Gasteiger partial charge in [-0.1, -0.05) is 43.3 Å². The van der Waals surface area contributed by atoms with Gasteiger partial charge in [0.25, 0.3) is 5.91 Å². The molecule has 0 atom stereocenters. The number of rotatable bonds is 8. The van der Waals surface area contributed by atoms with Crippen LogP contribution in [0.1, 0.15) is 31.0 Å². The third-order valence-electron chi connectivity index (χ3n) is 4.30. The zero-order valence-electron chi connectivity index (χ0n) is 16.3. The average molecular weight is 380 g/mol. The van der Waals surface area contributed by atoms with Gasteiger partial charge in [0.2, 0.25) is 0 Å². The molecule has 0 aliphatic heterocycles. The summed E-state index contributed by atoms with van der Waals surface area (Å²) in [7, 11) is 1.61. The van der Waals surface area contributed by atoms with E-state index in [2.05, 4.69) is 24.3 Å². The van der Waals surface area contributed by atoms with E-state index in [0.29, 0.717) is 23.1 Å². The Morgan fingerprint density at radius 1 is 1.11 bits per heavy atom. The van der Waals surface area contributed by atoms with Crippen LogP contribution in [0, 0.1) is 0 Å². The maximum absolute atomic E-state index is 12.0. The molecule has 146 valence electrons. The van der Waals surface area contributed by atoms with Gasteiger partial charge >= 0.3 is 0 Å². The lowest BCUT2D eigenvalue weighted by Crippen LogP contribution is -2.28. The van der Waals surface area contributed by atoms with Gasteiger partial charge in [-0.15, -0.1) is 0 Å². The van der Waals surface area contributed by atoms with Crippen LogP contribution in [0.4, 0.5) is 0 Å². The normalized spacial score (nSPS) is 10.7. The molecule has 0 saturated heterocycles. The first kappa shape index (κ1) is 19.5. The molecule has 0 radical (unpaired) electrons. The zero-order chi connectivity index (χ0) is 19.9. The van der Waals surface area contributed by atoms with Crippen molar-refractivity contribution in [2.45, 2.75) is 26.3 Å². The highest BCUT2D eigenvalue weighted by Crippen LogP contribution is 2.24. The molecule has 3 aromatic rings. The van der Waals surface area contributed by atoms with Gasteiger partial charge in [-0.2, -0.15) is 0 Å². The molecule has 0 spiro atoms. The third kappa shape index (κ3) is 5.13. The Bertz CT molecular complexity index is 916. The minimum absolute atomic E-state index is 0.0540. The van der Waals surface area contributed by atoms with Gasteiger partial charge in [0.1, 0.15) is 17.2 Å². The van der Waals surface area contributed by atoms with Gasteiger partial charge in [0.15, 0.2) is 12.4 Å². The summed E-state index contributed by atoms with van der Waals surface area (Å²) in [4.78, 5) is 12.0. The van der Waals surface area contributed by atoms with E-state index < -0.39 is 0 Å². The smallest absolute Gasteiger partial charge is 0.258 e. The number of ether oxygens (including phenoxy) is 2. The van der Waals surface area contributed by atoms with E-state index in [9.17, 15) is 4.79 Å². The molecule has 2 aromatic carbocycles. The molecule has 0 aliphatic carbocycles. The lowest BCUT2D eigenvalue weighted by Gasteiger charge is -2.09. The van der Waals surface area contributed by atoms with Crippen molar-refractivity contribution in [3.63, 3.8) is 0 Å².